The van der Waals surface area contributed by atoms with Gasteiger partial charge in [0.15, 0.2) is 0 Å². The predicted octanol–water partition coefficient (Wildman–Crippen LogP) is 13.5. The maximum absolute atomic E-state index is 5.59. The Bertz CT molecular complexity index is 3150. The number of allylic oxidation sites excluding steroid dienone is 5. The Morgan fingerprint density at radius 2 is 1.16 bits per heavy atom. The van der Waals surface area contributed by atoms with Gasteiger partial charge in [-0.1, -0.05) is 152 Å². The molecule has 10 rings (SSSR count). The van der Waals surface area contributed by atoms with Gasteiger partial charge in [-0.05, 0) is 83.8 Å². The van der Waals surface area contributed by atoms with Crippen molar-refractivity contribution in [2.75, 3.05) is 0 Å². The predicted molar refractivity (Wildman–Crippen MR) is 236 cm³/mol. The van der Waals surface area contributed by atoms with Crippen molar-refractivity contribution in [2.24, 2.45) is 0 Å². The van der Waals surface area contributed by atoms with E-state index in [9.17, 15) is 0 Å². The summed E-state index contributed by atoms with van der Waals surface area (Å²) < 4.78 is 7.03. The van der Waals surface area contributed by atoms with Gasteiger partial charge in [-0.2, -0.15) is 0 Å². The molecule has 3 aromatic heterocycles. The van der Waals surface area contributed by atoms with Crippen molar-refractivity contribution >= 4 is 44.2 Å². The molecule has 0 atom stereocenters. The zero-order valence-electron chi connectivity index (χ0n) is 31.0. The van der Waals surface area contributed by atoms with E-state index in [4.69, 9.17) is 4.98 Å². The molecule has 0 amide bonds. The fraction of sp³-hybridized carbons (Fsp3) is 0.0192. The number of imidazole rings is 2. The smallest absolute Gasteiger partial charge is 0.220 e. The van der Waals surface area contributed by atoms with Crippen molar-refractivity contribution in [2.45, 2.75) is 6.92 Å². The molecule has 56 heavy (non-hydrogen) atoms. The molecule has 4 heteroatoms. The van der Waals surface area contributed by atoms with E-state index in [1.54, 1.807) is 0 Å². The molecule has 0 spiro atoms. The summed E-state index contributed by atoms with van der Waals surface area (Å²) in [5, 5.41) is 2.38. The second-order valence-electron chi connectivity index (χ2n) is 14.0. The van der Waals surface area contributed by atoms with Crippen LogP contribution in [0.3, 0.4) is 0 Å². The summed E-state index contributed by atoms with van der Waals surface area (Å²) in [6.07, 6.45) is 8.05. The van der Waals surface area contributed by atoms with Gasteiger partial charge in [-0.25, -0.2) is 4.98 Å². The lowest BCUT2D eigenvalue weighted by molar-refractivity contribution is 1.10. The Morgan fingerprint density at radius 1 is 0.518 bits per heavy atom. The molecule has 0 radical (unpaired) electrons. The lowest BCUT2D eigenvalue weighted by Crippen LogP contribution is -1.96. The lowest BCUT2D eigenvalue weighted by Gasteiger charge is -2.11. The number of hydrogen-bond donors (Lipinski definition) is 0. The molecule has 7 aromatic carbocycles. The van der Waals surface area contributed by atoms with E-state index in [0.29, 0.717) is 0 Å². The molecule has 0 bridgehead atoms. The average molecular weight is 719 g/mol. The Labute approximate surface area is 325 Å². The summed E-state index contributed by atoms with van der Waals surface area (Å²) in [4.78, 5) is 5.59. The van der Waals surface area contributed by atoms with Gasteiger partial charge in [0.05, 0.1) is 33.5 Å². The third kappa shape index (κ3) is 5.42. The average Bonchev–Trinajstić information content (AvgIpc) is 3.92. The monoisotopic (exact) mass is 718 g/mol. The molecular formula is C52H38N4. The van der Waals surface area contributed by atoms with Crippen molar-refractivity contribution in [3.05, 3.63) is 212 Å². The van der Waals surface area contributed by atoms with Crippen LogP contribution < -0.4 is 0 Å². The molecule has 0 aliphatic heterocycles. The summed E-state index contributed by atoms with van der Waals surface area (Å²) >= 11 is 0. The molecule has 3 heterocycles. The first-order chi connectivity index (χ1) is 27.7. The van der Waals surface area contributed by atoms with Crippen LogP contribution in [-0.2, 0) is 0 Å². The Hall–Kier alpha value is -7.43. The lowest BCUT2D eigenvalue weighted by atomic mass is 10.0. The summed E-state index contributed by atoms with van der Waals surface area (Å²) in [7, 11) is 0. The molecule has 4 nitrogen and oxygen atoms in total. The van der Waals surface area contributed by atoms with Gasteiger partial charge in [0.1, 0.15) is 0 Å². The van der Waals surface area contributed by atoms with Gasteiger partial charge in [0.25, 0.3) is 0 Å². The number of nitrogens with zero attached hydrogens (tertiary/aromatic N) is 4. The molecule has 0 unspecified atom stereocenters. The van der Waals surface area contributed by atoms with Crippen molar-refractivity contribution in [3.8, 4) is 45.0 Å². The van der Waals surface area contributed by atoms with Crippen molar-refractivity contribution in [3.63, 3.8) is 0 Å². The SMILES string of the molecule is C=C/C=C\C(=C/C)c1cccc(-n2c3ccccc3c3cc(-c4nc5n(-c6cccc(-c7ccccc7)c6)c6ccccc6n5c4-c4ccccc4)ccc32)c1. The van der Waals surface area contributed by atoms with Crippen LogP contribution in [0.4, 0.5) is 0 Å². The second-order valence-corrected chi connectivity index (χ2v) is 14.0. The third-order valence-corrected chi connectivity index (χ3v) is 10.8. The summed E-state index contributed by atoms with van der Waals surface area (Å²) in [5.41, 5.74) is 15.5. The number of para-hydroxylation sites is 3. The number of hydrogen-bond acceptors (Lipinski definition) is 1. The van der Waals surface area contributed by atoms with Crippen molar-refractivity contribution < 1.29 is 0 Å². The highest BCUT2D eigenvalue weighted by Crippen LogP contribution is 2.41. The fourth-order valence-corrected chi connectivity index (χ4v) is 8.26. The second kappa shape index (κ2) is 13.8. The van der Waals surface area contributed by atoms with E-state index in [0.717, 1.165) is 78.4 Å². The molecule has 0 saturated heterocycles. The quantitative estimate of drug-likeness (QED) is 0.144. The van der Waals surface area contributed by atoms with Crippen LogP contribution >= 0.6 is 0 Å². The molecule has 10 aromatic rings. The van der Waals surface area contributed by atoms with Crippen molar-refractivity contribution in [1.29, 1.82) is 0 Å². The first-order valence-electron chi connectivity index (χ1n) is 19.0. The summed E-state index contributed by atoms with van der Waals surface area (Å²) in [6.45, 7) is 5.94. The molecular weight excluding hydrogens is 681 g/mol. The number of aromatic nitrogens is 4. The van der Waals surface area contributed by atoms with Crippen LogP contribution in [0, 0.1) is 0 Å². The minimum atomic E-state index is 0.870. The van der Waals surface area contributed by atoms with E-state index in [2.05, 4.69) is 215 Å². The third-order valence-electron chi connectivity index (χ3n) is 10.8. The molecule has 0 fully saturated rings. The van der Waals surface area contributed by atoms with E-state index >= 15 is 0 Å². The van der Waals surface area contributed by atoms with Crippen LogP contribution in [-0.4, -0.2) is 18.5 Å². The molecule has 0 aliphatic carbocycles. The van der Waals surface area contributed by atoms with Crippen LogP contribution in [0.2, 0.25) is 0 Å². The molecule has 0 aliphatic rings. The van der Waals surface area contributed by atoms with Crippen LogP contribution in [0.25, 0.3) is 89.2 Å². The van der Waals surface area contributed by atoms with Crippen molar-refractivity contribution in [1.82, 2.24) is 18.5 Å². The van der Waals surface area contributed by atoms with Gasteiger partial charge < -0.3 is 4.57 Å². The van der Waals surface area contributed by atoms with E-state index in [-0.39, 0.29) is 0 Å². The Morgan fingerprint density at radius 3 is 1.93 bits per heavy atom. The first-order valence-corrected chi connectivity index (χ1v) is 19.0. The molecule has 0 saturated carbocycles. The topological polar surface area (TPSA) is 27.2 Å². The highest BCUT2D eigenvalue weighted by atomic mass is 15.2. The largest absolute Gasteiger partial charge is 0.309 e. The van der Waals surface area contributed by atoms with E-state index in [1.165, 1.54) is 16.3 Å². The fourth-order valence-electron chi connectivity index (χ4n) is 8.26. The van der Waals surface area contributed by atoms with Gasteiger partial charge >= 0.3 is 0 Å². The highest BCUT2D eigenvalue weighted by Gasteiger charge is 2.24. The van der Waals surface area contributed by atoms with Crippen LogP contribution in [0.15, 0.2) is 207 Å². The minimum Gasteiger partial charge on any atom is -0.309 e. The zero-order chi connectivity index (χ0) is 37.6. The number of rotatable bonds is 8. The minimum absolute atomic E-state index is 0.870. The van der Waals surface area contributed by atoms with Gasteiger partial charge in [-0.15, -0.1) is 0 Å². The summed E-state index contributed by atoms with van der Waals surface area (Å²) in [5.74, 6) is 0.870. The first kappa shape index (κ1) is 33.2. The van der Waals surface area contributed by atoms with Crippen LogP contribution in [0.5, 0.6) is 0 Å². The Balaban J connectivity index is 1.21. The summed E-state index contributed by atoms with van der Waals surface area (Å²) in [6, 6.07) is 62.9. The Kier molecular flexibility index (Phi) is 8.15. The highest BCUT2D eigenvalue weighted by molar-refractivity contribution is 6.11. The van der Waals surface area contributed by atoms with E-state index in [1.807, 2.05) is 12.2 Å². The van der Waals surface area contributed by atoms with Gasteiger partial charge in [-0.3, -0.25) is 8.97 Å². The number of fused-ring (bicyclic) bond motifs is 6. The standard InChI is InChI=1S/C52H38N4/c1-3-5-18-36(4-2)39-23-16-25-42(33-39)54-46-28-13-12-27-44(46)45-35-41(31-32-47(45)54)50-51(38-21-10-7-11-22-38)56-49-30-15-14-29-48(49)55(52(56)53-50)43-26-17-24-40(34-43)37-19-8-6-9-20-37/h3-35H,1H2,2H3/b18-5-,36-4+. The number of benzene rings is 7. The molecule has 0 N–H and O–H groups in total. The normalized spacial score (nSPS) is 12.1. The maximum Gasteiger partial charge on any atom is 0.220 e. The van der Waals surface area contributed by atoms with Gasteiger partial charge in [0, 0.05) is 33.3 Å². The molecule has 266 valence electrons. The van der Waals surface area contributed by atoms with E-state index < -0.39 is 0 Å². The van der Waals surface area contributed by atoms with Gasteiger partial charge in [0.2, 0.25) is 5.78 Å². The van der Waals surface area contributed by atoms with Crippen LogP contribution in [0.1, 0.15) is 12.5 Å². The zero-order valence-corrected chi connectivity index (χ0v) is 31.0. The maximum atomic E-state index is 5.59.